The fourth-order valence-electron chi connectivity index (χ4n) is 2.25. The number of benzene rings is 1. The van der Waals surface area contributed by atoms with Gasteiger partial charge in [-0.05, 0) is 30.4 Å². The van der Waals surface area contributed by atoms with Crippen molar-refractivity contribution in [2.75, 3.05) is 6.61 Å². The zero-order chi connectivity index (χ0) is 19.3. The van der Waals surface area contributed by atoms with Crippen LogP contribution in [0.1, 0.15) is 12.5 Å². The number of allylic oxidation sites excluding steroid dienone is 3. The predicted octanol–water partition coefficient (Wildman–Crippen LogP) is 4.49. The van der Waals surface area contributed by atoms with Crippen molar-refractivity contribution in [3.05, 3.63) is 82.5 Å². The second-order valence-corrected chi connectivity index (χ2v) is 5.85. The molecule has 3 nitrogen and oxygen atoms in total. The van der Waals surface area contributed by atoms with Crippen molar-refractivity contribution in [1.82, 2.24) is 4.98 Å². The second kappa shape index (κ2) is 8.34. The van der Waals surface area contributed by atoms with E-state index >= 15 is 0 Å². The first kappa shape index (κ1) is 16.4. The smallest absolute Gasteiger partial charge is 0.215 e. The van der Waals surface area contributed by atoms with Crippen LogP contribution in [-0.2, 0) is 0 Å². The summed E-state index contributed by atoms with van der Waals surface area (Å²) in [6.07, 6.45) is 2.18. The average molecular weight is 366 g/mol. The number of nitrogens with zero attached hydrogens (tertiary/aromatic N) is 2. The first-order valence-corrected chi connectivity index (χ1v) is 8.19. The van der Waals surface area contributed by atoms with E-state index in [2.05, 4.69) is 16.8 Å². The molecule has 0 aliphatic heterocycles. The number of alkyl halides is 1. The highest BCUT2D eigenvalue weighted by atomic mass is 35.5. The molecule has 2 atom stereocenters. The summed E-state index contributed by atoms with van der Waals surface area (Å²) in [5.74, 6) is 4.50. The normalized spacial score (nSPS) is 21.7. The Balaban J connectivity index is 1.74. The van der Waals surface area contributed by atoms with Gasteiger partial charge in [0.2, 0.25) is 5.88 Å². The number of rotatable bonds is 3. The lowest BCUT2D eigenvalue weighted by atomic mass is 9.96. The minimum Gasteiger partial charge on any atom is -0.477 e. The standard InChI is InChI=1S/C21H14ClFN2O/c22-20-11-16(7-6-15-4-2-1-3-5-15)12-21(25-20)26-14-18-9-8-17(13-24)10-19(18)23/h1-5,8-12,18-19H,14H2/i18D. The molecule has 0 saturated carbocycles. The van der Waals surface area contributed by atoms with Crippen molar-refractivity contribution in [2.24, 2.45) is 5.89 Å². The monoisotopic (exact) mass is 365 g/mol. The molecule has 1 aromatic heterocycles. The van der Waals surface area contributed by atoms with Crippen molar-refractivity contribution in [3.63, 3.8) is 0 Å². The molecule has 0 bridgehead atoms. The molecule has 128 valence electrons. The topological polar surface area (TPSA) is 45.9 Å². The lowest BCUT2D eigenvalue weighted by Gasteiger charge is -2.18. The SMILES string of the molecule is [2H]C1(COc2cc(C#Cc3ccccc3)cc(Cl)n2)C=CC(C#N)=CC1F. The molecule has 1 aromatic carbocycles. The van der Waals surface area contributed by atoms with Crippen LogP contribution in [0.15, 0.2) is 66.3 Å². The Morgan fingerprint density at radius 1 is 1.23 bits per heavy atom. The molecule has 26 heavy (non-hydrogen) atoms. The predicted molar refractivity (Wildman–Crippen MR) is 98.4 cm³/mol. The van der Waals surface area contributed by atoms with Gasteiger partial charge in [-0.15, -0.1) is 0 Å². The number of ether oxygens (including phenoxy) is 1. The van der Waals surface area contributed by atoms with E-state index in [4.69, 9.17) is 23.0 Å². The Morgan fingerprint density at radius 2 is 2.00 bits per heavy atom. The summed E-state index contributed by atoms with van der Waals surface area (Å²) >= 11 is 6.02. The van der Waals surface area contributed by atoms with Gasteiger partial charge in [-0.1, -0.05) is 47.7 Å². The quantitative estimate of drug-likeness (QED) is 0.594. The van der Waals surface area contributed by atoms with E-state index in [0.29, 0.717) is 5.56 Å². The summed E-state index contributed by atoms with van der Waals surface area (Å²) in [6.45, 7) is -0.279. The van der Waals surface area contributed by atoms with Crippen molar-refractivity contribution >= 4 is 11.6 Å². The zero-order valence-electron chi connectivity index (χ0n) is 14.6. The van der Waals surface area contributed by atoms with Crippen LogP contribution in [0.25, 0.3) is 0 Å². The van der Waals surface area contributed by atoms with Crippen LogP contribution in [0.4, 0.5) is 4.39 Å². The number of aromatic nitrogens is 1. The fourth-order valence-corrected chi connectivity index (χ4v) is 2.45. The van der Waals surface area contributed by atoms with Crippen molar-refractivity contribution in [2.45, 2.75) is 6.17 Å². The highest BCUT2D eigenvalue weighted by molar-refractivity contribution is 6.29. The second-order valence-electron chi connectivity index (χ2n) is 5.47. The van der Waals surface area contributed by atoms with E-state index in [1.165, 1.54) is 12.2 Å². The van der Waals surface area contributed by atoms with Crippen LogP contribution in [0, 0.1) is 29.1 Å². The number of hydrogen-bond donors (Lipinski definition) is 0. The molecule has 1 aliphatic carbocycles. The van der Waals surface area contributed by atoms with Gasteiger partial charge in [-0.25, -0.2) is 9.37 Å². The van der Waals surface area contributed by atoms with Crippen LogP contribution in [0.2, 0.25) is 5.15 Å². The molecule has 5 heteroatoms. The van der Waals surface area contributed by atoms with E-state index in [0.717, 1.165) is 11.6 Å². The average Bonchev–Trinajstić information content (AvgIpc) is 2.68. The van der Waals surface area contributed by atoms with E-state index < -0.39 is 12.1 Å². The van der Waals surface area contributed by atoms with E-state index in [9.17, 15) is 4.39 Å². The summed E-state index contributed by atoms with van der Waals surface area (Å²) in [7, 11) is 0. The molecule has 2 unspecified atom stereocenters. The summed E-state index contributed by atoms with van der Waals surface area (Å²) in [6, 6.07) is 14.5. The Morgan fingerprint density at radius 3 is 2.73 bits per heavy atom. The molecular formula is C21H14ClFN2O. The fraction of sp³-hybridized carbons (Fsp3) is 0.143. The lowest BCUT2D eigenvalue weighted by Crippen LogP contribution is -2.22. The highest BCUT2D eigenvalue weighted by Crippen LogP contribution is 2.22. The minimum atomic E-state index is -1.66. The van der Waals surface area contributed by atoms with E-state index in [1.54, 1.807) is 12.1 Å². The lowest BCUT2D eigenvalue weighted by molar-refractivity contribution is 0.205. The van der Waals surface area contributed by atoms with Crippen LogP contribution in [0.5, 0.6) is 5.88 Å². The molecule has 0 amide bonds. The van der Waals surface area contributed by atoms with Gasteiger partial charge in [-0.3, -0.25) is 0 Å². The van der Waals surface area contributed by atoms with Crippen molar-refractivity contribution < 1.29 is 10.5 Å². The number of hydrogen-bond acceptors (Lipinski definition) is 3. The number of nitriles is 1. The molecule has 2 aromatic rings. The summed E-state index contributed by atoms with van der Waals surface area (Å²) in [4.78, 5) is 4.04. The van der Waals surface area contributed by atoms with E-state index in [-0.39, 0.29) is 23.2 Å². The molecule has 0 N–H and O–H groups in total. The van der Waals surface area contributed by atoms with Crippen LogP contribution in [0.3, 0.4) is 0 Å². The highest BCUT2D eigenvalue weighted by Gasteiger charge is 2.21. The Hall–Kier alpha value is -3.08. The van der Waals surface area contributed by atoms with Gasteiger partial charge in [0.05, 0.1) is 18.2 Å². The Bertz CT molecular complexity index is 1000. The number of halogens is 2. The van der Waals surface area contributed by atoms with Crippen molar-refractivity contribution in [3.8, 4) is 23.8 Å². The van der Waals surface area contributed by atoms with Crippen LogP contribution >= 0.6 is 11.6 Å². The summed E-state index contributed by atoms with van der Waals surface area (Å²) in [5, 5.41) is 9.00. The molecule has 1 heterocycles. The third-order valence-corrected chi connectivity index (χ3v) is 3.76. The molecular weight excluding hydrogens is 351 g/mol. The largest absolute Gasteiger partial charge is 0.477 e. The molecule has 0 saturated heterocycles. The van der Waals surface area contributed by atoms with Gasteiger partial charge in [-0.2, -0.15) is 5.26 Å². The Labute approximate surface area is 157 Å². The zero-order valence-corrected chi connectivity index (χ0v) is 14.4. The van der Waals surface area contributed by atoms with E-state index in [1.807, 2.05) is 36.4 Å². The molecule has 0 fully saturated rings. The molecule has 0 radical (unpaired) electrons. The maximum Gasteiger partial charge on any atom is 0.215 e. The van der Waals surface area contributed by atoms with Gasteiger partial charge in [0.15, 0.2) is 0 Å². The van der Waals surface area contributed by atoms with Crippen molar-refractivity contribution in [1.29, 1.82) is 5.26 Å². The third-order valence-electron chi connectivity index (χ3n) is 3.57. The van der Waals surface area contributed by atoms with Gasteiger partial charge in [0.25, 0.3) is 0 Å². The first-order chi connectivity index (χ1) is 13.0. The van der Waals surface area contributed by atoms with Gasteiger partial charge >= 0.3 is 0 Å². The maximum absolute atomic E-state index is 14.2. The van der Waals surface area contributed by atoms with Gasteiger partial charge < -0.3 is 4.74 Å². The third kappa shape index (κ3) is 4.72. The maximum atomic E-state index is 14.2. The Kier molecular flexibility index (Phi) is 5.26. The summed E-state index contributed by atoms with van der Waals surface area (Å²) in [5.41, 5.74) is 1.63. The van der Waals surface area contributed by atoms with Gasteiger partial charge in [0, 0.05) is 24.5 Å². The van der Waals surface area contributed by atoms with Gasteiger partial charge in [0.1, 0.15) is 11.3 Å². The number of pyridine rings is 1. The minimum absolute atomic E-state index is 0.155. The van der Waals surface area contributed by atoms with Crippen LogP contribution < -0.4 is 4.74 Å². The summed E-state index contributed by atoms with van der Waals surface area (Å²) < 4.78 is 27.9. The molecule has 1 aliphatic rings. The van der Waals surface area contributed by atoms with Crippen LogP contribution in [-0.4, -0.2) is 17.8 Å². The first-order valence-electron chi connectivity index (χ1n) is 8.31. The molecule has 0 spiro atoms. The molecule has 3 rings (SSSR count).